The Morgan fingerprint density at radius 1 is 1.14 bits per heavy atom. The van der Waals surface area contributed by atoms with Crippen LogP contribution in [0, 0.1) is 6.92 Å². The van der Waals surface area contributed by atoms with Gasteiger partial charge in [-0.15, -0.1) is 0 Å². The SMILES string of the molecule is Cc1ccc(-c2nc(N)c(Br)c(C3CCCC3)n2)c(Br)c1. The highest BCUT2D eigenvalue weighted by molar-refractivity contribution is 9.11. The Labute approximate surface area is 141 Å². The number of halogens is 2. The normalized spacial score (nSPS) is 15.6. The Morgan fingerprint density at radius 3 is 2.52 bits per heavy atom. The van der Waals surface area contributed by atoms with Gasteiger partial charge < -0.3 is 5.73 Å². The molecule has 1 saturated carbocycles. The summed E-state index contributed by atoms with van der Waals surface area (Å²) >= 11 is 7.17. The standard InChI is InChI=1S/C16H17Br2N3/c1-9-6-7-11(12(17)8-9)16-20-14(10-4-2-3-5-10)13(18)15(19)21-16/h6-8,10H,2-5H2,1H3,(H2,19,20,21). The van der Waals surface area contributed by atoms with Gasteiger partial charge in [0.15, 0.2) is 5.82 Å². The third-order valence-corrected chi connectivity index (χ3v) is 5.48. The van der Waals surface area contributed by atoms with Crippen LogP contribution in [-0.4, -0.2) is 9.97 Å². The lowest BCUT2D eigenvalue weighted by Crippen LogP contribution is -2.06. The number of nitrogen functional groups attached to an aromatic ring is 1. The lowest BCUT2D eigenvalue weighted by molar-refractivity contribution is 0.691. The molecular formula is C16H17Br2N3. The molecule has 0 unspecified atom stereocenters. The van der Waals surface area contributed by atoms with E-state index in [1.165, 1.54) is 31.2 Å². The van der Waals surface area contributed by atoms with E-state index in [0.29, 0.717) is 17.6 Å². The van der Waals surface area contributed by atoms with E-state index >= 15 is 0 Å². The predicted octanol–water partition coefficient (Wildman–Crippen LogP) is 5.22. The fraction of sp³-hybridized carbons (Fsp3) is 0.375. The van der Waals surface area contributed by atoms with Crippen molar-refractivity contribution in [2.75, 3.05) is 5.73 Å². The third-order valence-electron chi connectivity index (χ3n) is 4.01. The fourth-order valence-corrected chi connectivity index (χ4v) is 4.05. The van der Waals surface area contributed by atoms with Gasteiger partial charge in [-0.05, 0) is 53.4 Å². The van der Waals surface area contributed by atoms with Gasteiger partial charge in [0.25, 0.3) is 0 Å². The molecule has 1 fully saturated rings. The number of hydrogen-bond acceptors (Lipinski definition) is 3. The van der Waals surface area contributed by atoms with E-state index in [2.05, 4.69) is 55.9 Å². The first-order valence-electron chi connectivity index (χ1n) is 7.15. The van der Waals surface area contributed by atoms with Crippen LogP contribution in [0.25, 0.3) is 11.4 Å². The first-order valence-corrected chi connectivity index (χ1v) is 8.74. The Balaban J connectivity index is 2.10. The van der Waals surface area contributed by atoms with E-state index < -0.39 is 0 Å². The van der Waals surface area contributed by atoms with Crippen molar-refractivity contribution in [3.63, 3.8) is 0 Å². The van der Waals surface area contributed by atoms with Crippen molar-refractivity contribution < 1.29 is 0 Å². The molecule has 1 aliphatic rings. The molecule has 0 radical (unpaired) electrons. The van der Waals surface area contributed by atoms with Crippen LogP contribution in [0.1, 0.15) is 42.9 Å². The van der Waals surface area contributed by atoms with Crippen molar-refractivity contribution in [3.8, 4) is 11.4 Å². The molecule has 1 heterocycles. The number of nitrogens with zero attached hydrogens (tertiary/aromatic N) is 2. The highest BCUT2D eigenvalue weighted by Gasteiger charge is 2.24. The fourth-order valence-electron chi connectivity index (χ4n) is 2.87. The number of anilines is 1. The summed E-state index contributed by atoms with van der Waals surface area (Å²) in [6.07, 6.45) is 4.91. The number of rotatable bonds is 2. The maximum absolute atomic E-state index is 6.09. The van der Waals surface area contributed by atoms with Crippen LogP contribution in [0.2, 0.25) is 0 Å². The molecule has 1 aromatic carbocycles. The van der Waals surface area contributed by atoms with E-state index in [0.717, 1.165) is 20.2 Å². The number of benzene rings is 1. The minimum atomic E-state index is 0.493. The molecule has 1 aliphatic carbocycles. The van der Waals surface area contributed by atoms with Crippen LogP contribution in [0.4, 0.5) is 5.82 Å². The van der Waals surface area contributed by atoms with Crippen molar-refractivity contribution in [2.24, 2.45) is 0 Å². The van der Waals surface area contributed by atoms with Gasteiger partial charge in [0.1, 0.15) is 5.82 Å². The highest BCUT2D eigenvalue weighted by Crippen LogP contribution is 2.39. The largest absolute Gasteiger partial charge is 0.383 e. The average molecular weight is 411 g/mol. The molecule has 0 saturated heterocycles. The summed E-state index contributed by atoms with van der Waals surface area (Å²) in [7, 11) is 0. The van der Waals surface area contributed by atoms with E-state index in [4.69, 9.17) is 10.7 Å². The number of nitrogens with two attached hydrogens (primary N) is 1. The van der Waals surface area contributed by atoms with Crippen molar-refractivity contribution in [1.29, 1.82) is 0 Å². The first kappa shape index (κ1) is 15.0. The lowest BCUT2D eigenvalue weighted by atomic mass is 10.0. The molecule has 1 aromatic heterocycles. The zero-order valence-corrected chi connectivity index (χ0v) is 15.0. The van der Waals surface area contributed by atoms with Gasteiger partial charge in [0.05, 0.1) is 10.2 Å². The zero-order chi connectivity index (χ0) is 15.0. The van der Waals surface area contributed by atoms with Crippen molar-refractivity contribution in [3.05, 3.63) is 38.4 Å². The Bertz CT molecular complexity index is 679. The van der Waals surface area contributed by atoms with Gasteiger partial charge in [-0.25, -0.2) is 9.97 Å². The van der Waals surface area contributed by atoms with E-state index in [-0.39, 0.29) is 0 Å². The molecule has 0 amide bonds. The summed E-state index contributed by atoms with van der Waals surface area (Å²) in [6, 6.07) is 6.18. The predicted molar refractivity (Wildman–Crippen MR) is 93.2 cm³/mol. The van der Waals surface area contributed by atoms with Crippen LogP contribution in [0.3, 0.4) is 0 Å². The summed E-state index contributed by atoms with van der Waals surface area (Å²) in [6.45, 7) is 2.06. The molecule has 2 N–H and O–H groups in total. The summed E-state index contributed by atoms with van der Waals surface area (Å²) in [5.74, 6) is 1.71. The minimum Gasteiger partial charge on any atom is -0.383 e. The maximum atomic E-state index is 6.09. The quantitative estimate of drug-likeness (QED) is 0.738. The van der Waals surface area contributed by atoms with Crippen LogP contribution in [0.5, 0.6) is 0 Å². The molecule has 21 heavy (non-hydrogen) atoms. The monoisotopic (exact) mass is 409 g/mol. The molecule has 3 nitrogen and oxygen atoms in total. The van der Waals surface area contributed by atoms with E-state index in [1.807, 2.05) is 6.07 Å². The molecular weight excluding hydrogens is 394 g/mol. The lowest BCUT2D eigenvalue weighted by Gasteiger charge is -2.14. The molecule has 0 bridgehead atoms. The zero-order valence-electron chi connectivity index (χ0n) is 11.9. The van der Waals surface area contributed by atoms with E-state index in [9.17, 15) is 0 Å². The highest BCUT2D eigenvalue weighted by atomic mass is 79.9. The van der Waals surface area contributed by atoms with Crippen molar-refractivity contribution in [1.82, 2.24) is 9.97 Å². The third kappa shape index (κ3) is 2.99. The van der Waals surface area contributed by atoms with Gasteiger partial charge in [-0.1, -0.05) is 34.8 Å². The minimum absolute atomic E-state index is 0.493. The molecule has 5 heteroatoms. The first-order chi connectivity index (χ1) is 10.1. The summed E-state index contributed by atoms with van der Waals surface area (Å²) < 4.78 is 1.86. The molecule has 3 rings (SSSR count). The Kier molecular flexibility index (Phi) is 4.31. The van der Waals surface area contributed by atoms with Gasteiger partial charge in [0.2, 0.25) is 0 Å². The van der Waals surface area contributed by atoms with Gasteiger partial charge >= 0.3 is 0 Å². The molecule has 110 valence electrons. The van der Waals surface area contributed by atoms with Crippen molar-refractivity contribution >= 4 is 37.7 Å². The van der Waals surface area contributed by atoms with E-state index in [1.54, 1.807) is 0 Å². The second-order valence-electron chi connectivity index (χ2n) is 5.60. The Hall–Kier alpha value is -0.940. The smallest absolute Gasteiger partial charge is 0.162 e. The summed E-state index contributed by atoms with van der Waals surface area (Å²) in [4.78, 5) is 9.26. The van der Waals surface area contributed by atoms with Crippen LogP contribution in [0.15, 0.2) is 27.1 Å². The molecule has 2 aromatic rings. The van der Waals surface area contributed by atoms with Crippen LogP contribution < -0.4 is 5.73 Å². The second kappa shape index (κ2) is 6.05. The van der Waals surface area contributed by atoms with Gasteiger partial charge in [-0.2, -0.15) is 0 Å². The molecule has 0 atom stereocenters. The molecule has 0 spiro atoms. The number of aryl methyl sites for hydroxylation is 1. The van der Waals surface area contributed by atoms with Gasteiger partial charge in [0, 0.05) is 16.0 Å². The summed E-state index contributed by atoms with van der Waals surface area (Å²) in [5.41, 5.74) is 9.34. The number of hydrogen-bond donors (Lipinski definition) is 1. The maximum Gasteiger partial charge on any atom is 0.162 e. The number of aromatic nitrogens is 2. The second-order valence-corrected chi connectivity index (χ2v) is 7.24. The summed E-state index contributed by atoms with van der Waals surface area (Å²) in [5, 5.41) is 0. The van der Waals surface area contributed by atoms with Crippen LogP contribution >= 0.6 is 31.9 Å². The van der Waals surface area contributed by atoms with Crippen LogP contribution in [-0.2, 0) is 0 Å². The average Bonchev–Trinajstić information content (AvgIpc) is 2.96. The molecule has 0 aliphatic heterocycles. The Morgan fingerprint density at radius 2 is 1.86 bits per heavy atom. The van der Waals surface area contributed by atoms with Crippen molar-refractivity contribution in [2.45, 2.75) is 38.5 Å². The van der Waals surface area contributed by atoms with Gasteiger partial charge in [-0.3, -0.25) is 0 Å². The topological polar surface area (TPSA) is 51.8 Å².